The van der Waals surface area contributed by atoms with E-state index in [1.54, 1.807) is 6.08 Å². The van der Waals surface area contributed by atoms with Crippen LogP contribution in [0.15, 0.2) is 77.7 Å². The summed E-state index contributed by atoms with van der Waals surface area (Å²) >= 11 is 0.799. The number of carbonyl (C=O) groups excluding carboxylic acids is 3. The van der Waals surface area contributed by atoms with E-state index in [1.807, 2.05) is 48.5 Å². The number of aromatic nitrogens is 1. The fourth-order valence-electron chi connectivity index (χ4n) is 3.67. The summed E-state index contributed by atoms with van der Waals surface area (Å²) in [6.07, 6.45) is 1.69. The predicted octanol–water partition coefficient (Wildman–Crippen LogP) is 5.45. The lowest BCUT2D eigenvalue weighted by molar-refractivity contribution is -0.122. The summed E-state index contributed by atoms with van der Waals surface area (Å²) in [5, 5.41) is 1.21. The Morgan fingerprint density at radius 3 is 2.12 bits per heavy atom. The van der Waals surface area contributed by atoms with Crippen molar-refractivity contribution in [3.05, 3.63) is 94.6 Å². The van der Waals surface area contributed by atoms with Crippen molar-refractivity contribution in [2.75, 3.05) is 6.54 Å². The number of para-hydroxylation sites is 2. The smallest absolute Gasteiger partial charge is 0.292 e. The van der Waals surface area contributed by atoms with Crippen LogP contribution in [0.1, 0.15) is 15.9 Å². The van der Waals surface area contributed by atoms with E-state index < -0.39 is 29.3 Å². The maximum absolute atomic E-state index is 13.1. The number of fused-ring (bicyclic) bond motifs is 2. The molecule has 0 bridgehead atoms. The van der Waals surface area contributed by atoms with Crippen molar-refractivity contribution in [1.82, 2.24) is 9.88 Å². The molecule has 0 atom stereocenters. The number of carbonyl (C=O) groups is 3. The van der Waals surface area contributed by atoms with E-state index in [9.17, 15) is 18.8 Å². The highest BCUT2D eigenvalue weighted by Crippen LogP contribution is 2.35. The molecule has 2 amide bonds. The average Bonchev–Trinajstić information content (AvgIpc) is 3.06. The first-order chi connectivity index (χ1) is 15.5. The van der Waals surface area contributed by atoms with E-state index in [0.717, 1.165) is 44.0 Å². The number of benzene rings is 3. The van der Waals surface area contributed by atoms with Gasteiger partial charge in [-0.25, -0.2) is 9.37 Å². The molecular weight excluding hydrogens is 427 g/mol. The fraction of sp³-hybridized carbons (Fsp3) is 0.0400. The lowest BCUT2D eigenvalue weighted by atomic mass is 10.0. The van der Waals surface area contributed by atoms with Crippen LogP contribution in [0.2, 0.25) is 0 Å². The van der Waals surface area contributed by atoms with Crippen molar-refractivity contribution < 1.29 is 18.8 Å². The Bertz CT molecular complexity index is 1390. The van der Waals surface area contributed by atoms with Gasteiger partial charge >= 0.3 is 0 Å². The number of amides is 2. The minimum atomic E-state index is -0.527. The molecule has 5 rings (SSSR count). The van der Waals surface area contributed by atoms with Crippen molar-refractivity contribution in [2.45, 2.75) is 0 Å². The van der Waals surface area contributed by atoms with Crippen molar-refractivity contribution in [1.29, 1.82) is 0 Å². The van der Waals surface area contributed by atoms with Crippen molar-refractivity contribution in [3.63, 3.8) is 0 Å². The number of Topliss-reactive ketones (excluding diaryl/α,β-unsaturated/α-hetero) is 1. The molecule has 4 aromatic rings. The van der Waals surface area contributed by atoms with Crippen LogP contribution in [0, 0.1) is 5.82 Å². The molecule has 32 heavy (non-hydrogen) atoms. The van der Waals surface area contributed by atoms with Gasteiger partial charge in [0, 0.05) is 16.3 Å². The summed E-state index contributed by atoms with van der Waals surface area (Å²) in [4.78, 5) is 43.9. The van der Waals surface area contributed by atoms with E-state index in [-0.39, 0.29) is 10.5 Å². The van der Waals surface area contributed by atoms with E-state index in [4.69, 9.17) is 0 Å². The zero-order valence-electron chi connectivity index (χ0n) is 16.6. The number of ketones is 1. The first-order valence-corrected chi connectivity index (χ1v) is 10.6. The Balaban J connectivity index is 1.52. The molecule has 1 aliphatic heterocycles. The van der Waals surface area contributed by atoms with Gasteiger partial charge in [-0.2, -0.15) is 0 Å². The van der Waals surface area contributed by atoms with Crippen LogP contribution in [0.5, 0.6) is 0 Å². The molecule has 0 aliphatic carbocycles. The molecule has 7 heteroatoms. The zero-order valence-corrected chi connectivity index (χ0v) is 17.4. The van der Waals surface area contributed by atoms with Gasteiger partial charge in [-0.15, -0.1) is 0 Å². The molecule has 0 unspecified atom stereocenters. The highest BCUT2D eigenvalue weighted by atomic mass is 32.2. The molecule has 5 nitrogen and oxygen atoms in total. The summed E-state index contributed by atoms with van der Waals surface area (Å²) in [6, 6.07) is 20.2. The second-order valence-corrected chi connectivity index (χ2v) is 8.25. The van der Waals surface area contributed by atoms with Gasteiger partial charge in [-0.3, -0.25) is 19.3 Å². The third-order valence-electron chi connectivity index (χ3n) is 5.25. The second kappa shape index (κ2) is 8.01. The number of hydrogen-bond donors (Lipinski definition) is 0. The SMILES string of the molecule is O=C(CN1C(=O)S/C(=C/c2c3ccccc3nc3ccccc23)C1=O)c1ccc(F)cc1. The van der Waals surface area contributed by atoms with Crippen molar-refractivity contribution in [2.24, 2.45) is 0 Å². The molecule has 156 valence electrons. The quantitative estimate of drug-likeness (QED) is 0.239. The standard InChI is InChI=1S/C25H15FN2O3S/c26-16-11-9-15(10-12-16)22(29)14-28-24(30)23(32-25(28)31)13-19-17-5-1-3-7-20(17)27-21-8-4-2-6-18(19)21/h1-13H,14H2/b23-13+. The molecular formula is C25H15FN2O3S. The molecule has 0 spiro atoms. The number of hydrogen-bond acceptors (Lipinski definition) is 5. The molecule has 0 radical (unpaired) electrons. The number of imide groups is 1. The number of rotatable bonds is 4. The molecule has 0 N–H and O–H groups in total. The molecule has 1 aromatic heterocycles. The summed E-state index contributed by atoms with van der Waals surface area (Å²) < 4.78 is 13.1. The average molecular weight is 442 g/mol. The highest BCUT2D eigenvalue weighted by Gasteiger charge is 2.36. The van der Waals surface area contributed by atoms with Crippen LogP contribution in [0.25, 0.3) is 27.9 Å². The summed E-state index contributed by atoms with van der Waals surface area (Å²) in [7, 11) is 0. The van der Waals surface area contributed by atoms with E-state index in [2.05, 4.69) is 4.98 Å². The van der Waals surface area contributed by atoms with Gasteiger partial charge in [0.15, 0.2) is 5.78 Å². The Labute approximate surface area is 186 Å². The maximum atomic E-state index is 13.1. The molecule has 1 aliphatic rings. The number of pyridine rings is 1. The molecule has 0 saturated carbocycles. The largest absolute Gasteiger partial charge is 0.293 e. The molecule has 1 saturated heterocycles. The lowest BCUT2D eigenvalue weighted by Crippen LogP contribution is -2.33. The second-order valence-electron chi connectivity index (χ2n) is 7.26. The summed E-state index contributed by atoms with van der Waals surface area (Å²) in [6.45, 7) is -0.397. The van der Waals surface area contributed by atoms with Crippen LogP contribution in [-0.2, 0) is 4.79 Å². The topological polar surface area (TPSA) is 67.3 Å². The minimum Gasteiger partial charge on any atom is -0.292 e. The van der Waals surface area contributed by atoms with E-state index in [0.29, 0.717) is 0 Å². The molecule has 3 aromatic carbocycles. The monoisotopic (exact) mass is 442 g/mol. The number of thioether (sulfide) groups is 1. The van der Waals surface area contributed by atoms with Gasteiger partial charge < -0.3 is 0 Å². The first kappa shape index (κ1) is 20.1. The van der Waals surface area contributed by atoms with Crippen LogP contribution in [-0.4, -0.2) is 33.4 Å². The van der Waals surface area contributed by atoms with Crippen LogP contribution in [0.3, 0.4) is 0 Å². The third kappa shape index (κ3) is 3.56. The lowest BCUT2D eigenvalue weighted by Gasteiger charge is -2.11. The van der Waals surface area contributed by atoms with E-state index in [1.165, 1.54) is 24.3 Å². The first-order valence-electron chi connectivity index (χ1n) is 9.83. The third-order valence-corrected chi connectivity index (χ3v) is 6.15. The van der Waals surface area contributed by atoms with Crippen molar-refractivity contribution in [3.8, 4) is 0 Å². The van der Waals surface area contributed by atoms with Gasteiger partial charge in [0.2, 0.25) is 0 Å². The van der Waals surface area contributed by atoms with Gasteiger partial charge in [0.25, 0.3) is 11.1 Å². The van der Waals surface area contributed by atoms with Crippen LogP contribution in [0.4, 0.5) is 9.18 Å². The van der Waals surface area contributed by atoms with Gasteiger partial charge in [-0.05, 0) is 59.8 Å². The maximum Gasteiger partial charge on any atom is 0.293 e. The Morgan fingerprint density at radius 2 is 1.50 bits per heavy atom. The Hall–Kier alpha value is -3.84. The number of halogens is 1. The molecule has 2 heterocycles. The minimum absolute atomic E-state index is 0.237. The Kier molecular flexibility index (Phi) is 5.03. The van der Waals surface area contributed by atoms with Crippen LogP contribution < -0.4 is 0 Å². The normalized spacial score (nSPS) is 15.3. The predicted molar refractivity (Wildman–Crippen MR) is 123 cm³/mol. The van der Waals surface area contributed by atoms with Gasteiger partial charge in [-0.1, -0.05) is 36.4 Å². The summed E-state index contributed by atoms with van der Waals surface area (Å²) in [5.41, 5.74) is 2.59. The van der Waals surface area contributed by atoms with Gasteiger partial charge in [0.05, 0.1) is 22.5 Å². The Morgan fingerprint density at radius 1 is 0.906 bits per heavy atom. The zero-order chi connectivity index (χ0) is 22.2. The number of nitrogens with zero attached hydrogens (tertiary/aromatic N) is 2. The van der Waals surface area contributed by atoms with Crippen LogP contribution >= 0.6 is 11.8 Å². The summed E-state index contributed by atoms with van der Waals surface area (Å²) in [5.74, 6) is -1.43. The van der Waals surface area contributed by atoms with E-state index >= 15 is 0 Å². The highest BCUT2D eigenvalue weighted by molar-refractivity contribution is 8.18. The fourth-order valence-corrected chi connectivity index (χ4v) is 4.49. The van der Waals surface area contributed by atoms with Crippen molar-refractivity contribution >= 4 is 56.6 Å². The molecule has 1 fully saturated rings. The van der Waals surface area contributed by atoms with Gasteiger partial charge in [0.1, 0.15) is 5.82 Å².